The average Bonchev–Trinajstić information content (AvgIpc) is 2.19. The molecule has 3 nitrogen and oxygen atoms in total. The first-order chi connectivity index (χ1) is 6.72. The monoisotopic (exact) mass is 213 g/mol. The van der Waals surface area contributed by atoms with Crippen LogP contribution in [0.5, 0.6) is 0 Å². The maximum Gasteiger partial charge on any atom is 0.194 e. The molecule has 0 amide bonds. The van der Waals surface area contributed by atoms with Crippen molar-refractivity contribution in [1.29, 1.82) is 0 Å². The SMILES string of the molecule is CC1(c2cccnc2Cl)OCCCO1. The lowest BCUT2D eigenvalue weighted by molar-refractivity contribution is -0.264. The maximum absolute atomic E-state index is 5.98. The summed E-state index contributed by atoms with van der Waals surface area (Å²) in [6.07, 6.45) is 2.57. The van der Waals surface area contributed by atoms with E-state index in [-0.39, 0.29) is 0 Å². The van der Waals surface area contributed by atoms with Crippen LogP contribution in [0.1, 0.15) is 18.9 Å². The molecule has 0 aliphatic carbocycles. The first-order valence-electron chi connectivity index (χ1n) is 4.61. The van der Waals surface area contributed by atoms with Crippen LogP contribution in [-0.4, -0.2) is 18.2 Å². The van der Waals surface area contributed by atoms with Gasteiger partial charge in [0.2, 0.25) is 0 Å². The number of hydrogen-bond donors (Lipinski definition) is 0. The molecule has 1 aromatic heterocycles. The number of ether oxygens (including phenoxy) is 2. The Morgan fingerprint density at radius 2 is 2.14 bits per heavy atom. The third-order valence-corrected chi connectivity index (χ3v) is 2.59. The van der Waals surface area contributed by atoms with Gasteiger partial charge in [0, 0.05) is 11.8 Å². The van der Waals surface area contributed by atoms with E-state index in [0.29, 0.717) is 18.4 Å². The van der Waals surface area contributed by atoms with Gasteiger partial charge in [0.25, 0.3) is 0 Å². The molecule has 4 heteroatoms. The van der Waals surface area contributed by atoms with Gasteiger partial charge in [0.1, 0.15) is 5.15 Å². The molecule has 0 atom stereocenters. The van der Waals surface area contributed by atoms with Crippen molar-refractivity contribution in [1.82, 2.24) is 4.98 Å². The van der Waals surface area contributed by atoms with Gasteiger partial charge in [-0.25, -0.2) is 4.98 Å². The number of pyridine rings is 1. The minimum Gasteiger partial charge on any atom is -0.346 e. The van der Waals surface area contributed by atoms with Crippen molar-refractivity contribution in [2.75, 3.05) is 13.2 Å². The Bertz CT molecular complexity index is 324. The number of halogens is 1. The summed E-state index contributed by atoms with van der Waals surface area (Å²) in [6.45, 7) is 3.26. The molecule has 1 fully saturated rings. The zero-order chi connectivity index (χ0) is 10.0. The Morgan fingerprint density at radius 1 is 1.43 bits per heavy atom. The summed E-state index contributed by atoms with van der Waals surface area (Å²) in [5.41, 5.74) is 0.793. The summed E-state index contributed by atoms with van der Waals surface area (Å²) >= 11 is 5.98. The fourth-order valence-corrected chi connectivity index (χ4v) is 1.81. The van der Waals surface area contributed by atoms with Crippen molar-refractivity contribution in [3.8, 4) is 0 Å². The van der Waals surface area contributed by atoms with Crippen molar-refractivity contribution in [2.24, 2.45) is 0 Å². The Hall–Kier alpha value is -0.640. The van der Waals surface area contributed by atoms with Crippen LogP contribution in [0.2, 0.25) is 5.15 Å². The normalized spacial score (nSPS) is 20.7. The summed E-state index contributed by atoms with van der Waals surface area (Å²) in [5, 5.41) is 0.442. The molecule has 1 aromatic rings. The lowest BCUT2D eigenvalue weighted by Gasteiger charge is -2.34. The van der Waals surface area contributed by atoms with Gasteiger partial charge in [-0.1, -0.05) is 11.6 Å². The molecule has 0 radical (unpaired) electrons. The average molecular weight is 214 g/mol. The van der Waals surface area contributed by atoms with Gasteiger partial charge in [-0.2, -0.15) is 0 Å². The van der Waals surface area contributed by atoms with Crippen molar-refractivity contribution < 1.29 is 9.47 Å². The lowest BCUT2D eigenvalue weighted by Crippen LogP contribution is -2.35. The van der Waals surface area contributed by atoms with E-state index in [9.17, 15) is 0 Å². The first kappa shape index (κ1) is 9.90. The molecule has 76 valence electrons. The van der Waals surface area contributed by atoms with E-state index in [1.54, 1.807) is 6.20 Å². The standard InChI is InChI=1S/C10H12ClNO2/c1-10(13-6-3-7-14-10)8-4-2-5-12-9(8)11/h2,4-5H,3,6-7H2,1H3. The van der Waals surface area contributed by atoms with E-state index in [4.69, 9.17) is 21.1 Å². The van der Waals surface area contributed by atoms with Crippen LogP contribution in [-0.2, 0) is 15.3 Å². The minimum absolute atomic E-state index is 0.442. The Balaban J connectivity index is 2.32. The topological polar surface area (TPSA) is 31.4 Å². The molecule has 0 saturated carbocycles. The predicted octanol–water partition coefficient (Wildman–Crippen LogP) is 2.34. The number of rotatable bonds is 1. The van der Waals surface area contributed by atoms with E-state index in [1.807, 2.05) is 19.1 Å². The van der Waals surface area contributed by atoms with E-state index in [0.717, 1.165) is 12.0 Å². The van der Waals surface area contributed by atoms with Crippen molar-refractivity contribution >= 4 is 11.6 Å². The summed E-state index contributed by atoms with van der Waals surface area (Å²) in [7, 11) is 0. The fraction of sp³-hybridized carbons (Fsp3) is 0.500. The molecule has 14 heavy (non-hydrogen) atoms. The second-order valence-corrected chi connectivity index (χ2v) is 3.70. The van der Waals surface area contributed by atoms with Crippen LogP contribution in [0.4, 0.5) is 0 Å². The largest absolute Gasteiger partial charge is 0.346 e. The van der Waals surface area contributed by atoms with Crippen molar-refractivity contribution in [3.05, 3.63) is 29.0 Å². The Labute approximate surface area is 88.0 Å². The van der Waals surface area contributed by atoms with Crippen LogP contribution < -0.4 is 0 Å². The third kappa shape index (κ3) is 1.75. The van der Waals surface area contributed by atoms with E-state index in [1.165, 1.54) is 0 Å². The number of aromatic nitrogens is 1. The zero-order valence-electron chi connectivity index (χ0n) is 8.00. The van der Waals surface area contributed by atoms with Gasteiger partial charge in [-0.15, -0.1) is 0 Å². The second kappa shape index (κ2) is 3.85. The van der Waals surface area contributed by atoms with Gasteiger partial charge < -0.3 is 9.47 Å². The molecule has 1 aliphatic rings. The van der Waals surface area contributed by atoms with Crippen LogP contribution >= 0.6 is 11.6 Å². The van der Waals surface area contributed by atoms with Crippen LogP contribution in [0, 0.1) is 0 Å². The van der Waals surface area contributed by atoms with Crippen molar-refractivity contribution in [3.63, 3.8) is 0 Å². The molecule has 1 saturated heterocycles. The first-order valence-corrected chi connectivity index (χ1v) is 4.99. The summed E-state index contributed by atoms with van der Waals surface area (Å²) in [6, 6.07) is 3.70. The molecule has 0 spiro atoms. The third-order valence-electron chi connectivity index (χ3n) is 2.29. The van der Waals surface area contributed by atoms with Gasteiger partial charge in [0.05, 0.1) is 13.2 Å². The summed E-state index contributed by atoms with van der Waals surface area (Å²) < 4.78 is 11.2. The summed E-state index contributed by atoms with van der Waals surface area (Å²) in [4.78, 5) is 4.00. The lowest BCUT2D eigenvalue weighted by atomic mass is 10.1. The maximum atomic E-state index is 5.98. The molecule has 2 rings (SSSR count). The Morgan fingerprint density at radius 3 is 2.79 bits per heavy atom. The highest BCUT2D eigenvalue weighted by atomic mass is 35.5. The quantitative estimate of drug-likeness (QED) is 0.671. The fourth-order valence-electron chi connectivity index (χ4n) is 1.51. The van der Waals surface area contributed by atoms with Gasteiger partial charge >= 0.3 is 0 Å². The number of hydrogen-bond acceptors (Lipinski definition) is 3. The van der Waals surface area contributed by atoms with Gasteiger partial charge in [-0.05, 0) is 25.5 Å². The molecular weight excluding hydrogens is 202 g/mol. The molecule has 0 unspecified atom stereocenters. The highest BCUT2D eigenvalue weighted by Gasteiger charge is 2.33. The molecule has 0 aromatic carbocycles. The van der Waals surface area contributed by atoms with Crippen molar-refractivity contribution in [2.45, 2.75) is 19.1 Å². The highest BCUT2D eigenvalue weighted by molar-refractivity contribution is 6.30. The van der Waals surface area contributed by atoms with Crippen LogP contribution in [0.3, 0.4) is 0 Å². The highest BCUT2D eigenvalue weighted by Crippen LogP contribution is 2.33. The van der Waals surface area contributed by atoms with Gasteiger partial charge in [0.15, 0.2) is 5.79 Å². The second-order valence-electron chi connectivity index (χ2n) is 3.34. The molecule has 2 heterocycles. The molecule has 0 bridgehead atoms. The smallest absolute Gasteiger partial charge is 0.194 e. The predicted molar refractivity (Wildman–Crippen MR) is 53.1 cm³/mol. The molecule has 0 N–H and O–H groups in total. The zero-order valence-corrected chi connectivity index (χ0v) is 8.75. The molecule has 1 aliphatic heterocycles. The van der Waals surface area contributed by atoms with Gasteiger partial charge in [-0.3, -0.25) is 0 Å². The van der Waals surface area contributed by atoms with Crippen LogP contribution in [0.25, 0.3) is 0 Å². The van der Waals surface area contributed by atoms with E-state index >= 15 is 0 Å². The van der Waals surface area contributed by atoms with E-state index < -0.39 is 5.79 Å². The summed E-state index contributed by atoms with van der Waals surface area (Å²) in [5.74, 6) is -0.733. The Kier molecular flexibility index (Phi) is 2.72. The minimum atomic E-state index is -0.733. The number of nitrogens with zero attached hydrogens (tertiary/aromatic N) is 1. The van der Waals surface area contributed by atoms with E-state index in [2.05, 4.69) is 4.98 Å². The molecular formula is C10H12ClNO2. The van der Waals surface area contributed by atoms with Crippen LogP contribution in [0.15, 0.2) is 18.3 Å².